The summed E-state index contributed by atoms with van der Waals surface area (Å²) in [6.07, 6.45) is 0. The van der Waals surface area contributed by atoms with Crippen LogP contribution in [0.4, 0.5) is 45.5 Å². The van der Waals surface area contributed by atoms with Crippen LogP contribution in [-0.4, -0.2) is 5.91 Å². The van der Waals surface area contributed by atoms with Gasteiger partial charge in [-0.15, -0.1) is 0 Å². The van der Waals surface area contributed by atoms with E-state index < -0.39 is 30.1 Å². The first kappa shape index (κ1) is 44.0. The van der Waals surface area contributed by atoms with E-state index in [2.05, 4.69) is 24.3 Å². The molecule has 20 rings (SSSR count). The Labute approximate surface area is 544 Å². The molecule has 0 radical (unpaired) electrons. The standard InChI is InChI=1S/C85H52N4O4/c1-9-29-73-65(17-1)81-61(21-13-33-77(81)90-73)53-37-45-57(46-38-53)86-69-25-5-6-26-70(69)87(58-47-39-54(40-48-58)62-22-14-34-78-82(62)66-18-2-10-30-74(66)91-78)85(86)88(59-49-41-55(42-50-59)63-23-15-35-79-83(63)67-19-3-11-31-75(67)92-79)71-27-7-8-28-72(71)89(85)60-51-43-56(44-52-60)64-24-16-36-80-84(64)68-20-4-12-32-76(68)93-80/h1-52H/i5D,6D,7D,8D,25D,26D,27D,28D. The Kier molecular flexibility index (Phi) is 9.34. The van der Waals surface area contributed by atoms with Crippen LogP contribution < -0.4 is 19.6 Å². The van der Waals surface area contributed by atoms with E-state index in [0.29, 0.717) is 45.1 Å². The summed E-state index contributed by atoms with van der Waals surface area (Å²) in [7, 11) is 0. The third-order valence-electron chi connectivity index (χ3n) is 18.7. The van der Waals surface area contributed by atoms with Gasteiger partial charge in [0.25, 0.3) is 5.91 Å². The van der Waals surface area contributed by atoms with Gasteiger partial charge in [0.2, 0.25) is 0 Å². The number of furan rings is 4. The molecule has 0 N–H and O–H groups in total. The number of benzene rings is 14. The predicted octanol–water partition coefficient (Wildman–Crippen LogP) is 23.8. The second-order valence-corrected chi connectivity index (χ2v) is 23.6. The van der Waals surface area contributed by atoms with E-state index in [9.17, 15) is 11.0 Å². The monoisotopic (exact) mass is 1200 g/mol. The Balaban J connectivity index is 0.895. The highest BCUT2D eigenvalue weighted by atomic mass is 16.3. The van der Waals surface area contributed by atoms with Gasteiger partial charge in [0.05, 0.1) is 33.7 Å². The number of rotatable bonds is 8. The molecule has 0 fully saturated rings. The number of anilines is 8. The normalized spacial score (nSPS) is 14.8. The minimum atomic E-state index is -2.14. The number of hydrogen-bond donors (Lipinski definition) is 0. The fourth-order valence-corrected chi connectivity index (χ4v) is 14.9. The number of fused-ring (bicyclic) bond motifs is 14. The molecule has 2 aliphatic rings. The van der Waals surface area contributed by atoms with Crippen molar-refractivity contribution in [2.24, 2.45) is 0 Å². The molecule has 4 aromatic heterocycles. The van der Waals surface area contributed by atoms with Gasteiger partial charge in [-0.2, -0.15) is 0 Å². The van der Waals surface area contributed by atoms with Crippen LogP contribution in [0.2, 0.25) is 0 Å². The molecule has 436 valence electrons. The summed E-state index contributed by atoms with van der Waals surface area (Å²) in [4.78, 5) is 7.59. The summed E-state index contributed by atoms with van der Waals surface area (Å²) < 4.78 is 106. The van der Waals surface area contributed by atoms with E-state index in [1.54, 1.807) is 0 Å². The summed E-state index contributed by atoms with van der Waals surface area (Å²) >= 11 is 0. The first-order valence-corrected chi connectivity index (χ1v) is 30.9. The van der Waals surface area contributed by atoms with Gasteiger partial charge in [0, 0.05) is 65.8 Å². The fourth-order valence-electron chi connectivity index (χ4n) is 14.9. The highest BCUT2D eigenvalue weighted by Gasteiger charge is 2.64. The van der Waals surface area contributed by atoms with Gasteiger partial charge in [-0.25, -0.2) is 0 Å². The van der Waals surface area contributed by atoms with Crippen molar-refractivity contribution in [1.82, 2.24) is 0 Å². The van der Waals surface area contributed by atoms with Gasteiger partial charge in [-0.1, -0.05) is 194 Å². The lowest BCUT2D eigenvalue weighted by Crippen LogP contribution is -2.70. The van der Waals surface area contributed by atoms with Crippen LogP contribution in [0.1, 0.15) is 11.0 Å². The zero-order valence-corrected chi connectivity index (χ0v) is 49.3. The number of nitrogens with zero attached hydrogens (tertiary/aromatic N) is 4. The lowest BCUT2D eigenvalue weighted by Gasteiger charge is -2.53. The van der Waals surface area contributed by atoms with Crippen molar-refractivity contribution in [3.63, 3.8) is 0 Å². The van der Waals surface area contributed by atoms with Crippen LogP contribution >= 0.6 is 0 Å². The Bertz CT molecular complexity index is 5750. The lowest BCUT2D eigenvalue weighted by molar-refractivity contribution is 0.479. The quantitative estimate of drug-likeness (QED) is 0.149. The summed E-state index contributed by atoms with van der Waals surface area (Å²) in [6, 6.07) is 83.8. The maximum Gasteiger partial charge on any atom is 0.295 e. The molecule has 6 heterocycles. The van der Waals surface area contributed by atoms with Crippen LogP contribution in [0.25, 0.3) is 132 Å². The van der Waals surface area contributed by atoms with Gasteiger partial charge >= 0.3 is 0 Å². The minimum Gasteiger partial charge on any atom is -0.456 e. The van der Waals surface area contributed by atoms with Gasteiger partial charge < -0.3 is 17.7 Å². The highest BCUT2D eigenvalue weighted by molar-refractivity contribution is 6.16. The fraction of sp³-hybridized carbons (Fsp3) is 0.0118. The van der Waals surface area contributed by atoms with E-state index >= 15 is 0 Å². The second-order valence-electron chi connectivity index (χ2n) is 23.6. The topological polar surface area (TPSA) is 65.5 Å². The first-order chi connectivity index (χ1) is 49.4. The molecule has 8 heteroatoms. The van der Waals surface area contributed by atoms with E-state index in [-0.39, 0.29) is 46.9 Å². The molecule has 18 aromatic rings. The molecule has 0 saturated heterocycles. The third-order valence-corrected chi connectivity index (χ3v) is 18.7. The molecular weight excluding hydrogens is 1140 g/mol. The summed E-state index contributed by atoms with van der Waals surface area (Å²) in [5, 5.41) is 7.47. The van der Waals surface area contributed by atoms with E-state index in [1.165, 1.54) is 0 Å². The molecule has 0 saturated carbocycles. The van der Waals surface area contributed by atoms with Gasteiger partial charge in [-0.05, 0) is 166 Å². The molecule has 0 unspecified atom stereocenters. The van der Waals surface area contributed by atoms with Crippen molar-refractivity contribution < 1.29 is 28.6 Å². The van der Waals surface area contributed by atoms with Crippen LogP contribution in [0.15, 0.2) is 333 Å². The molecule has 0 aliphatic carbocycles. The van der Waals surface area contributed by atoms with Gasteiger partial charge in [0.15, 0.2) is 0 Å². The van der Waals surface area contributed by atoms with Crippen molar-refractivity contribution in [2.45, 2.75) is 5.91 Å². The van der Waals surface area contributed by atoms with Crippen LogP contribution in [-0.2, 0) is 0 Å². The summed E-state index contributed by atoms with van der Waals surface area (Å²) in [6.45, 7) is 0. The number of hydrogen-bond acceptors (Lipinski definition) is 8. The third kappa shape index (κ3) is 7.43. The molecule has 0 bridgehead atoms. The van der Waals surface area contributed by atoms with E-state index in [0.717, 1.165) is 110 Å². The van der Waals surface area contributed by atoms with Gasteiger partial charge in [0.1, 0.15) is 44.7 Å². The number of para-hydroxylation sites is 8. The Hall–Kier alpha value is -12.5. The summed E-state index contributed by atoms with van der Waals surface area (Å²) in [5.74, 6) is -2.14. The van der Waals surface area contributed by atoms with Crippen molar-refractivity contribution in [1.29, 1.82) is 0 Å². The molecule has 14 aromatic carbocycles. The molecule has 1 spiro atoms. The van der Waals surface area contributed by atoms with Crippen LogP contribution in [0.5, 0.6) is 0 Å². The average Bonchev–Trinajstić information content (AvgIpc) is 1.48. The van der Waals surface area contributed by atoms with Crippen LogP contribution in [0, 0.1) is 0 Å². The lowest BCUT2D eigenvalue weighted by atomic mass is 9.98. The van der Waals surface area contributed by atoms with Crippen molar-refractivity contribution in [3.8, 4) is 44.5 Å². The highest BCUT2D eigenvalue weighted by Crippen LogP contribution is 2.65. The van der Waals surface area contributed by atoms with E-state index in [1.807, 2.05) is 262 Å². The molecular formula is C85H52N4O4. The van der Waals surface area contributed by atoms with Crippen molar-refractivity contribution in [2.75, 3.05) is 19.6 Å². The van der Waals surface area contributed by atoms with E-state index in [4.69, 9.17) is 17.7 Å². The maximum absolute atomic E-state index is 10.4. The largest absolute Gasteiger partial charge is 0.456 e. The van der Waals surface area contributed by atoms with Gasteiger partial charge in [-0.3, -0.25) is 19.6 Å². The first-order valence-electron chi connectivity index (χ1n) is 34.9. The average molecular weight is 1200 g/mol. The zero-order chi connectivity index (χ0) is 67.8. The zero-order valence-electron chi connectivity index (χ0n) is 57.3. The Morgan fingerprint density at radius 1 is 0.226 bits per heavy atom. The molecule has 0 atom stereocenters. The molecule has 2 aliphatic heterocycles. The molecule has 93 heavy (non-hydrogen) atoms. The minimum absolute atomic E-state index is 0.0775. The maximum atomic E-state index is 10.4. The van der Waals surface area contributed by atoms with Crippen molar-refractivity contribution >= 4 is 133 Å². The van der Waals surface area contributed by atoms with Crippen molar-refractivity contribution in [3.05, 3.63) is 315 Å². The second kappa shape index (κ2) is 19.7. The molecule has 8 nitrogen and oxygen atoms in total. The Morgan fingerprint density at radius 2 is 0.441 bits per heavy atom. The predicted molar refractivity (Wildman–Crippen MR) is 381 cm³/mol. The molecule has 0 amide bonds. The summed E-state index contributed by atoms with van der Waals surface area (Å²) in [5.41, 5.74) is 14.8. The van der Waals surface area contributed by atoms with Crippen LogP contribution in [0.3, 0.4) is 0 Å². The smallest absolute Gasteiger partial charge is 0.295 e. The SMILES string of the molecule is [2H]c1c([2H])c([2H])c2c(c1[2H])N(c1ccc(-c3cccc4oc5ccccc5c34)cc1)C1(N2c2ccc(-c3cccc4oc5ccccc5c34)cc2)N(c2ccc(-c3cccc4oc5ccccc5c34)cc2)c2c([2H])c([2H])c([2H])c([2H])c2N1c1ccc(-c2cccc3oc4ccccc4c23)cc1. The Morgan fingerprint density at radius 3 is 0.677 bits per heavy atom.